The molecule has 0 saturated carbocycles. The van der Waals surface area contributed by atoms with Gasteiger partial charge in [0.05, 0.1) is 18.8 Å². The van der Waals surface area contributed by atoms with Gasteiger partial charge in [0.2, 0.25) is 0 Å². The van der Waals surface area contributed by atoms with Gasteiger partial charge < -0.3 is 25.2 Å². The summed E-state index contributed by atoms with van der Waals surface area (Å²) >= 11 is 0. The average molecular weight is 244 g/mol. The number of carbonyl (C=O) groups is 2. The number of aliphatic carboxylic acids is 1. The second-order valence-electron chi connectivity index (χ2n) is 4.41. The third-order valence-electron chi connectivity index (χ3n) is 3.08. The zero-order chi connectivity index (χ0) is 12.4. The highest BCUT2D eigenvalue weighted by Crippen LogP contribution is 2.18. The first-order valence-corrected chi connectivity index (χ1v) is 5.63. The summed E-state index contributed by atoms with van der Waals surface area (Å²) < 4.78 is 5.12. The average Bonchev–Trinajstić information content (AvgIpc) is 2.86. The van der Waals surface area contributed by atoms with E-state index in [1.165, 1.54) is 4.90 Å². The SMILES string of the molecule is O=C(O)[C@@H]1C[C@H](O)CN1C(=O)NC1CCOC1. The number of carbonyl (C=O) groups excluding carboxylic acids is 1. The normalized spacial score (nSPS) is 32.8. The maximum absolute atomic E-state index is 11.8. The lowest BCUT2D eigenvalue weighted by Crippen LogP contribution is -2.49. The molecule has 1 unspecified atom stereocenters. The number of likely N-dealkylation sites (tertiary alicyclic amines) is 1. The predicted octanol–water partition coefficient (Wildman–Crippen LogP) is -0.995. The molecule has 3 atom stereocenters. The first-order chi connectivity index (χ1) is 8.08. The van der Waals surface area contributed by atoms with Gasteiger partial charge in [-0.1, -0.05) is 0 Å². The van der Waals surface area contributed by atoms with Crippen molar-refractivity contribution in [2.24, 2.45) is 0 Å². The Morgan fingerprint density at radius 3 is 2.76 bits per heavy atom. The molecule has 0 aromatic carbocycles. The van der Waals surface area contributed by atoms with Crippen LogP contribution < -0.4 is 5.32 Å². The zero-order valence-electron chi connectivity index (χ0n) is 9.33. The van der Waals surface area contributed by atoms with Crippen molar-refractivity contribution in [3.05, 3.63) is 0 Å². The van der Waals surface area contributed by atoms with E-state index in [1.807, 2.05) is 0 Å². The van der Waals surface area contributed by atoms with E-state index >= 15 is 0 Å². The minimum Gasteiger partial charge on any atom is -0.480 e. The molecule has 2 fully saturated rings. The molecule has 7 heteroatoms. The van der Waals surface area contributed by atoms with E-state index in [0.29, 0.717) is 13.2 Å². The number of hydrogen-bond donors (Lipinski definition) is 3. The molecule has 0 aliphatic carbocycles. The minimum absolute atomic E-state index is 0.0605. The van der Waals surface area contributed by atoms with Crippen molar-refractivity contribution in [2.45, 2.75) is 31.0 Å². The Morgan fingerprint density at radius 2 is 2.18 bits per heavy atom. The molecule has 0 radical (unpaired) electrons. The van der Waals surface area contributed by atoms with E-state index in [1.54, 1.807) is 0 Å². The lowest BCUT2D eigenvalue weighted by atomic mass is 10.2. The molecule has 2 aliphatic heterocycles. The molecular weight excluding hydrogens is 228 g/mol. The third-order valence-corrected chi connectivity index (χ3v) is 3.08. The van der Waals surface area contributed by atoms with E-state index < -0.39 is 24.1 Å². The van der Waals surface area contributed by atoms with E-state index in [4.69, 9.17) is 9.84 Å². The van der Waals surface area contributed by atoms with E-state index in [2.05, 4.69) is 5.32 Å². The van der Waals surface area contributed by atoms with Crippen LogP contribution in [0, 0.1) is 0 Å². The van der Waals surface area contributed by atoms with E-state index in [9.17, 15) is 14.7 Å². The van der Waals surface area contributed by atoms with Gasteiger partial charge in [-0.2, -0.15) is 0 Å². The summed E-state index contributed by atoms with van der Waals surface area (Å²) in [5.41, 5.74) is 0. The molecule has 2 aliphatic rings. The summed E-state index contributed by atoms with van der Waals surface area (Å²) in [5.74, 6) is -1.08. The van der Waals surface area contributed by atoms with Gasteiger partial charge in [-0.25, -0.2) is 9.59 Å². The van der Waals surface area contributed by atoms with E-state index in [0.717, 1.165) is 6.42 Å². The molecule has 0 spiro atoms. The summed E-state index contributed by atoms with van der Waals surface area (Å²) in [6.07, 6.45) is 0.0609. The number of amides is 2. The van der Waals surface area contributed by atoms with Gasteiger partial charge in [0, 0.05) is 19.6 Å². The highest BCUT2D eigenvalue weighted by molar-refractivity contribution is 5.83. The number of nitrogens with one attached hydrogen (secondary N) is 1. The molecule has 0 bridgehead atoms. The van der Waals surface area contributed by atoms with Gasteiger partial charge >= 0.3 is 12.0 Å². The quantitative estimate of drug-likeness (QED) is 0.579. The van der Waals surface area contributed by atoms with Gasteiger partial charge in [-0.3, -0.25) is 0 Å². The summed E-state index contributed by atoms with van der Waals surface area (Å²) in [6.45, 7) is 1.13. The first-order valence-electron chi connectivity index (χ1n) is 5.63. The molecule has 3 N–H and O–H groups in total. The zero-order valence-corrected chi connectivity index (χ0v) is 9.33. The smallest absolute Gasteiger partial charge is 0.326 e. The molecule has 2 rings (SSSR count). The summed E-state index contributed by atoms with van der Waals surface area (Å²) in [6, 6.07) is -1.44. The van der Waals surface area contributed by atoms with Crippen LogP contribution in [0.3, 0.4) is 0 Å². The topological polar surface area (TPSA) is 99.1 Å². The lowest BCUT2D eigenvalue weighted by Gasteiger charge is -2.23. The van der Waals surface area contributed by atoms with Crippen LogP contribution in [0.25, 0.3) is 0 Å². The maximum atomic E-state index is 11.8. The summed E-state index contributed by atoms with van der Waals surface area (Å²) in [7, 11) is 0. The van der Waals surface area contributed by atoms with Crippen molar-refractivity contribution in [3.63, 3.8) is 0 Å². The largest absolute Gasteiger partial charge is 0.480 e. The second-order valence-corrected chi connectivity index (χ2v) is 4.41. The molecule has 96 valence electrons. The van der Waals surface area contributed by atoms with Crippen molar-refractivity contribution in [1.82, 2.24) is 10.2 Å². The predicted molar refractivity (Wildman–Crippen MR) is 56.5 cm³/mol. The Morgan fingerprint density at radius 1 is 1.41 bits per heavy atom. The summed E-state index contributed by atoms with van der Waals surface area (Å²) in [4.78, 5) is 24.0. The molecule has 0 aromatic heterocycles. The van der Waals surface area contributed by atoms with Crippen LogP contribution in [0.4, 0.5) is 4.79 Å². The van der Waals surface area contributed by atoms with Gasteiger partial charge in [0.25, 0.3) is 0 Å². The van der Waals surface area contributed by atoms with Crippen LogP contribution in [0.15, 0.2) is 0 Å². The molecule has 7 nitrogen and oxygen atoms in total. The van der Waals surface area contributed by atoms with Crippen molar-refractivity contribution in [2.75, 3.05) is 19.8 Å². The number of nitrogens with zero attached hydrogens (tertiary/aromatic N) is 1. The first kappa shape index (κ1) is 12.1. The standard InChI is InChI=1S/C10H16N2O5/c13-7-3-8(9(14)15)12(4-7)10(16)11-6-1-2-17-5-6/h6-8,13H,1-5H2,(H,11,16)(H,14,15)/t6?,7-,8-/m0/s1. The molecule has 17 heavy (non-hydrogen) atoms. The third kappa shape index (κ3) is 2.67. The van der Waals surface area contributed by atoms with Crippen molar-refractivity contribution in [3.8, 4) is 0 Å². The fourth-order valence-corrected chi connectivity index (χ4v) is 2.18. The number of rotatable bonds is 2. The number of aliphatic hydroxyl groups is 1. The van der Waals surface area contributed by atoms with Crippen LogP contribution in [0.1, 0.15) is 12.8 Å². The van der Waals surface area contributed by atoms with Gasteiger partial charge in [-0.15, -0.1) is 0 Å². The second kappa shape index (κ2) is 4.89. The lowest BCUT2D eigenvalue weighted by molar-refractivity contribution is -0.141. The molecule has 0 aromatic rings. The summed E-state index contributed by atoms with van der Waals surface area (Å²) in [5, 5.41) is 21.1. The molecule has 2 saturated heterocycles. The van der Waals surface area contributed by atoms with Crippen molar-refractivity contribution >= 4 is 12.0 Å². The fraction of sp³-hybridized carbons (Fsp3) is 0.800. The maximum Gasteiger partial charge on any atom is 0.326 e. The Labute approximate surface area is 98.3 Å². The Bertz CT molecular complexity index is 316. The highest BCUT2D eigenvalue weighted by atomic mass is 16.5. The van der Waals surface area contributed by atoms with Gasteiger partial charge in [0.1, 0.15) is 6.04 Å². The number of aliphatic hydroxyl groups excluding tert-OH is 1. The highest BCUT2D eigenvalue weighted by Gasteiger charge is 2.39. The number of β-amino-alcohol motifs (C(OH)–C–C–N with tert-alkyl or cyclic N) is 1. The van der Waals surface area contributed by atoms with Crippen molar-refractivity contribution < 1.29 is 24.5 Å². The Hall–Kier alpha value is -1.34. The monoisotopic (exact) mass is 244 g/mol. The molecule has 2 amide bonds. The van der Waals surface area contributed by atoms with E-state index in [-0.39, 0.29) is 19.0 Å². The van der Waals surface area contributed by atoms with Crippen LogP contribution in [0.2, 0.25) is 0 Å². The number of carboxylic acids is 1. The van der Waals surface area contributed by atoms with Gasteiger partial charge in [0.15, 0.2) is 0 Å². The van der Waals surface area contributed by atoms with Crippen LogP contribution in [-0.2, 0) is 9.53 Å². The molecule has 2 heterocycles. The Kier molecular flexibility index (Phi) is 3.49. The van der Waals surface area contributed by atoms with Gasteiger partial charge in [-0.05, 0) is 6.42 Å². The molecular formula is C10H16N2O5. The number of carboxylic acid groups (broad SMARTS) is 1. The number of urea groups is 1. The Balaban J connectivity index is 1.94. The number of hydrogen-bond acceptors (Lipinski definition) is 4. The number of ether oxygens (including phenoxy) is 1. The van der Waals surface area contributed by atoms with Crippen LogP contribution >= 0.6 is 0 Å². The van der Waals surface area contributed by atoms with Crippen molar-refractivity contribution in [1.29, 1.82) is 0 Å². The van der Waals surface area contributed by atoms with Crippen LogP contribution in [-0.4, -0.2) is 65.1 Å². The van der Waals surface area contributed by atoms with Crippen LogP contribution in [0.5, 0.6) is 0 Å². The fourth-order valence-electron chi connectivity index (χ4n) is 2.18. The minimum atomic E-state index is -1.08.